The Balaban J connectivity index is 1.29. The van der Waals surface area contributed by atoms with E-state index >= 15 is 0 Å². The maximum atomic E-state index is 13.6. The van der Waals surface area contributed by atoms with Gasteiger partial charge in [-0.05, 0) is 54.1 Å². The van der Waals surface area contributed by atoms with Crippen LogP contribution < -0.4 is 5.32 Å². The Morgan fingerprint density at radius 3 is 2.58 bits per heavy atom. The van der Waals surface area contributed by atoms with E-state index in [4.69, 9.17) is 0 Å². The molecule has 1 saturated heterocycles. The first-order valence-electron chi connectivity index (χ1n) is 10.9. The van der Waals surface area contributed by atoms with E-state index in [1.807, 2.05) is 36.5 Å². The number of hydrogen-bond acceptors (Lipinski definition) is 6. The lowest BCUT2D eigenvalue weighted by Gasteiger charge is -2.21. The Labute approximate surface area is 191 Å². The van der Waals surface area contributed by atoms with Crippen molar-refractivity contribution in [2.24, 2.45) is 0 Å². The summed E-state index contributed by atoms with van der Waals surface area (Å²) in [5, 5.41) is 5.19. The van der Waals surface area contributed by atoms with Crippen LogP contribution in [0.15, 0.2) is 67.1 Å². The van der Waals surface area contributed by atoms with Crippen molar-refractivity contribution in [2.45, 2.75) is 25.3 Å². The normalized spacial score (nSPS) is 16.0. The van der Waals surface area contributed by atoms with Gasteiger partial charge in [0.25, 0.3) is 0 Å². The topological polar surface area (TPSA) is 84.8 Å². The summed E-state index contributed by atoms with van der Waals surface area (Å²) in [4.78, 5) is 13.5. The van der Waals surface area contributed by atoms with E-state index in [0.717, 1.165) is 27.6 Å². The van der Waals surface area contributed by atoms with Gasteiger partial charge < -0.3 is 5.32 Å². The van der Waals surface area contributed by atoms with Gasteiger partial charge >= 0.3 is 0 Å². The van der Waals surface area contributed by atoms with Crippen molar-refractivity contribution < 1.29 is 12.8 Å². The summed E-state index contributed by atoms with van der Waals surface area (Å²) >= 11 is 0. The number of rotatable bonds is 5. The van der Waals surface area contributed by atoms with Crippen molar-refractivity contribution in [3.8, 4) is 11.3 Å². The zero-order valence-corrected chi connectivity index (χ0v) is 18.7. The third-order valence-electron chi connectivity index (χ3n) is 6.05. The Hall–Kier alpha value is -3.39. The van der Waals surface area contributed by atoms with Crippen LogP contribution in [-0.2, 0) is 16.4 Å². The average molecular weight is 463 g/mol. The summed E-state index contributed by atoms with van der Waals surface area (Å²) < 4.78 is 36.9. The zero-order valence-electron chi connectivity index (χ0n) is 17.9. The Kier molecular flexibility index (Phi) is 5.76. The molecule has 1 aliphatic heterocycles. The van der Waals surface area contributed by atoms with Gasteiger partial charge in [-0.15, -0.1) is 0 Å². The number of pyridine rings is 3. The molecule has 1 N–H and O–H groups in total. The second kappa shape index (κ2) is 8.86. The largest absolute Gasteiger partial charge is 0.365 e. The first-order valence-corrected chi connectivity index (χ1v) is 12.7. The van der Waals surface area contributed by atoms with Crippen LogP contribution in [0, 0.1) is 5.82 Å². The van der Waals surface area contributed by atoms with E-state index in [1.165, 1.54) is 12.1 Å². The van der Waals surface area contributed by atoms with Crippen molar-refractivity contribution in [2.75, 3.05) is 16.8 Å². The molecule has 0 amide bonds. The van der Waals surface area contributed by atoms with E-state index in [-0.39, 0.29) is 23.2 Å². The van der Waals surface area contributed by atoms with Gasteiger partial charge in [0.05, 0.1) is 17.2 Å². The second-order valence-electron chi connectivity index (χ2n) is 8.33. The van der Waals surface area contributed by atoms with Crippen LogP contribution in [0.1, 0.15) is 30.0 Å². The summed E-state index contributed by atoms with van der Waals surface area (Å²) in [6, 6.07) is 14.2. The lowest BCUT2D eigenvalue weighted by Crippen LogP contribution is -2.22. The molecule has 8 heteroatoms. The van der Waals surface area contributed by atoms with Crippen molar-refractivity contribution in [1.29, 1.82) is 0 Å². The minimum atomic E-state index is -2.88. The lowest BCUT2D eigenvalue weighted by atomic mass is 9.98. The first kappa shape index (κ1) is 21.5. The molecule has 0 atom stereocenters. The molecule has 168 valence electrons. The number of halogens is 1. The maximum Gasteiger partial charge on any atom is 0.150 e. The molecule has 5 rings (SSSR count). The smallest absolute Gasteiger partial charge is 0.150 e. The maximum absolute atomic E-state index is 13.6. The minimum Gasteiger partial charge on any atom is -0.365 e. The van der Waals surface area contributed by atoms with Crippen LogP contribution in [0.25, 0.3) is 22.0 Å². The molecule has 0 unspecified atom stereocenters. The number of nitrogens with zero attached hydrogens (tertiary/aromatic N) is 3. The van der Waals surface area contributed by atoms with E-state index in [9.17, 15) is 12.8 Å². The molecule has 4 aromatic rings. The third kappa shape index (κ3) is 4.85. The number of anilines is 1. The minimum absolute atomic E-state index is 0.202. The molecule has 1 fully saturated rings. The zero-order chi connectivity index (χ0) is 22.8. The molecule has 0 radical (unpaired) electrons. The fourth-order valence-electron chi connectivity index (χ4n) is 4.17. The molecule has 1 aliphatic rings. The van der Waals surface area contributed by atoms with Crippen molar-refractivity contribution in [1.82, 2.24) is 15.0 Å². The van der Waals surface area contributed by atoms with Crippen LogP contribution in [0.5, 0.6) is 0 Å². The summed E-state index contributed by atoms with van der Waals surface area (Å²) in [5.41, 5.74) is 3.38. The summed E-state index contributed by atoms with van der Waals surface area (Å²) in [5.74, 6) is 1.11. The Morgan fingerprint density at radius 2 is 1.82 bits per heavy atom. The molecule has 3 aromatic heterocycles. The summed E-state index contributed by atoms with van der Waals surface area (Å²) in [6.45, 7) is 0.546. The SMILES string of the molecule is O=S1(=O)CCC(c2ccc(CNc3nccc4cc(-c5cccc(F)c5)ncc34)cn2)CC1. The Morgan fingerprint density at radius 1 is 0.970 bits per heavy atom. The van der Waals surface area contributed by atoms with E-state index < -0.39 is 9.84 Å². The van der Waals surface area contributed by atoms with Crippen LogP contribution in [0.3, 0.4) is 0 Å². The molecular weight excluding hydrogens is 439 g/mol. The first-order chi connectivity index (χ1) is 16.0. The van der Waals surface area contributed by atoms with Crippen LogP contribution in [0.2, 0.25) is 0 Å². The average Bonchev–Trinajstić information content (AvgIpc) is 2.83. The van der Waals surface area contributed by atoms with Crippen molar-refractivity contribution in [3.63, 3.8) is 0 Å². The number of aromatic nitrogens is 3. The fraction of sp³-hybridized carbons (Fsp3) is 0.240. The van der Waals surface area contributed by atoms with Gasteiger partial charge in [-0.25, -0.2) is 17.8 Å². The van der Waals surface area contributed by atoms with Gasteiger partial charge in [0.15, 0.2) is 0 Å². The number of fused-ring (bicyclic) bond motifs is 1. The predicted octanol–water partition coefficient (Wildman–Crippen LogP) is 4.74. The molecule has 0 bridgehead atoms. The van der Waals surface area contributed by atoms with Crippen molar-refractivity contribution in [3.05, 3.63) is 84.2 Å². The highest BCUT2D eigenvalue weighted by Crippen LogP contribution is 2.28. The van der Waals surface area contributed by atoms with Crippen LogP contribution in [0.4, 0.5) is 10.2 Å². The molecule has 6 nitrogen and oxygen atoms in total. The van der Waals surface area contributed by atoms with E-state index in [1.54, 1.807) is 18.5 Å². The van der Waals surface area contributed by atoms with Crippen LogP contribution >= 0.6 is 0 Å². The summed E-state index contributed by atoms with van der Waals surface area (Å²) in [7, 11) is -2.88. The van der Waals surface area contributed by atoms with Gasteiger partial charge in [0.2, 0.25) is 0 Å². The van der Waals surface area contributed by atoms with E-state index in [0.29, 0.717) is 30.9 Å². The monoisotopic (exact) mass is 462 g/mol. The van der Waals surface area contributed by atoms with Gasteiger partial charge in [0, 0.05) is 47.7 Å². The second-order valence-corrected chi connectivity index (χ2v) is 10.6. The highest BCUT2D eigenvalue weighted by atomic mass is 32.2. The number of nitrogens with one attached hydrogen (secondary N) is 1. The molecule has 0 aliphatic carbocycles. The molecular formula is C25H23FN4O2S. The van der Waals surface area contributed by atoms with Gasteiger partial charge in [0.1, 0.15) is 21.5 Å². The van der Waals surface area contributed by atoms with Gasteiger partial charge in [-0.1, -0.05) is 18.2 Å². The van der Waals surface area contributed by atoms with E-state index in [2.05, 4.69) is 20.3 Å². The molecule has 0 saturated carbocycles. The predicted molar refractivity (Wildman–Crippen MR) is 127 cm³/mol. The molecule has 1 aromatic carbocycles. The Bertz CT molecular complexity index is 1390. The summed E-state index contributed by atoms with van der Waals surface area (Å²) in [6.07, 6.45) is 6.59. The van der Waals surface area contributed by atoms with Crippen LogP contribution in [-0.4, -0.2) is 34.9 Å². The van der Waals surface area contributed by atoms with Crippen molar-refractivity contribution >= 4 is 26.4 Å². The molecule has 33 heavy (non-hydrogen) atoms. The quantitative estimate of drug-likeness (QED) is 0.461. The number of benzene rings is 1. The highest BCUT2D eigenvalue weighted by molar-refractivity contribution is 7.91. The standard InChI is InChI=1S/C25H23FN4O2S/c26-21-3-1-2-20(12-21)24-13-19-6-9-27-25(22(19)16-29-24)30-15-17-4-5-23(28-14-17)18-7-10-33(31,32)11-8-18/h1-6,9,12-14,16,18H,7-8,10-11,15H2,(H,27,30). The highest BCUT2D eigenvalue weighted by Gasteiger charge is 2.25. The third-order valence-corrected chi connectivity index (χ3v) is 7.77. The van der Waals surface area contributed by atoms with Gasteiger partial charge in [-0.2, -0.15) is 0 Å². The molecule has 4 heterocycles. The number of sulfone groups is 1. The van der Waals surface area contributed by atoms with Gasteiger partial charge in [-0.3, -0.25) is 9.97 Å². The number of hydrogen-bond donors (Lipinski definition) is 1. The molecule has 0 spiro atoms. The lowest BCUT2D eigenvalue weighted by molar-refractivity contribution is 0.544. The fourth-order valence-corrected chi connectivity index (χ4v) is 5.66.